The molecule has 13 heavy (non-hydrogen) atoms. The van der Waals surface area contributed by atoms with E-state index in [0.717, 1.165) is 0 Å². The van der Waals surface area contributed by atoms with Crippen LogP contribution in [0, 0.1) is 5.41 Å². The monoisotopic (exact) mass is 188 g/mol. The molecule has 0 radical (unpaired) electrons. The Hall–Kier alpha value is -0.900. The second-order valence-electron chi connectivity index (χ2n) is 4.09. The lowest BCUT2D eigenvalue weighted by molar-refractivity contribution is -0.186. The van der Waals surface area contributed by atoms with E-state index in [2.05, 4.69) is 4.74 Å². The van der Waals surface area contributed by atoms with Gasteiger partial charge in [0.1, 0.15) is 12.2 Å². The van der Waals surface area contributed by atoms with E-state index in [1.807, 2.05) is 0 Å². The van der Waals surface area contributed by atoms with Crippen molar-refractivity contribution in [2.24, 2.45) is 5.41 Å². The third-order valence-electron chi connectivity index (χ3n) is 1.38. The lowest BCUT2D eigenvalue weighted by Crippen LogP contribution is -2.31. The molecule has 1 atom stereocenters. The topological polar surface area (TPSA) is 63.6 Å². The van der Waals surface area contributed by atoms with Gasteiger partial charge >= 0.3 is 5.97 Å². The van der Waals surface area contributed by atoms with Gasteiger partial charge in [0.15, 0.2) is 0 Å². The highest BCUT2D eigenvalue weighted by atomic mass is 16.6. The zero-order valence-electron chi connectivity index (χ0n) is 8.46. The predicted molar refractivity (Wildman–Crippen MR) is 46.9 cm³/mol. The lowest BCUT2D eigenvalue weighted by Gasteiger charge is -2.24. The summed E-state index contributed by atoms with van der Waals surface area (Å²) < 4.78 is 4.62. The molecule has 0 saturated heterocycles. The normalized spacial score (nSPS) is 13.6. The molecule has 0 heterocycles. The number of carbonyl (C=O) groups is 2. The number of hydrogen-bond donors (Lipinski definition) is 1. The molecule has 76 valence electrons. The van der Waals surface area contributed by atoms with Crippen molar-refractivity contribution >= 4 is 11.8 Å². The van der Waals surface area contributed by atoms with Gasteiger partial charge in [0.05, 0.1) is 0 Å². The zero-order chi connectivity index (χ0) is 10.6. The molecule has 4 nitrogen and oxygen atoms in total. The molecule has 0 saturated carbocycles. The predicted octanol–water partition coefficient (Wildman–Crippen LogP) is 0.873. The second kappa shape index (κ2) is 4.37. The van der Waals surface area contributed by atoms with Crippen LogP contribution in [0.5, 0.6) is 0 Å². The first-order chi connectivity index (χ1) is 5.73. The van der Waals surface area contributed by atoms with Crippen LogP contribution in [0.2, 0.25) is 0 Å². The van der Waals surface area contributed by atoms with Gasteiger partial charge in [0.2, 0.25) is 6.29 Å². The molecule has 0 spiro atoms. The minimum absolute atomic E-state index is 0.272. The maximum atomic E-state index is 10.9. The molecule has 0 rings (SSSR count). The maximum Gasteiger partial charge on any atom is 0.315 e. The molecule has 0 aliphatic heterocycles. The summed E-state index contributed by atoms with van der Waals surface area (Å²) in [4.78, 5) is 21.4. The lowest BCUT2D eigenvalue weighted by atomic mass is 9.96. The first-order valence-electron chi connectivity index (χ1n) is 4.10. The highest BCUT2D eigenvalue weighted by Crippen LogP contribution is 2.20. The van der Waals surface area contributed by atoms with Crippen LogP contribution in [-0.2, 0) is 14.3 Å². The van der Waals surface area contributed by atoms with Gasteiger partial charge in [-0.3, -0.25) is 9.59 Å². The Bertz CT molecular complexity index is 202. The van der Waals surface area contributed by atoms with E-state index in [0.29, 0.717) is 0 Å². The Kier molecular flexibility index (Phi) is 4.07. The summed E-state index contributed by atoms with van der Waals surface area (Å²) in [6.07, 6.45) is -1.45. The molecule has 0 amide bonds. The van der Waals surface area contributed by atoms with E-state index in [1.165, 1.54) is 6.92 Å². The number of Topliss-reactive ketones (excluding diaryl/α,β-unsaturated/α-hetero) is 1. The van der Waals surface area contributed by atoms with Crippen LogP contribution in [0.25, 0.3) is 0 Å². The minimum atomic E-state index is -1.17. The first-order valence-corrected chi connectivity index (χ1v) is 4.10. The van der Waals surface area contributed by atoms with Crippen molar-refractivity contribution in [1.82, 2.24) is 0 Å². The van der Waals surface area contributed by atoms with E-state index >= 15 is 0 Å². The summed E-state index contributed by atoms with van der Waals surface area (Å²) in [7, 11) is 0. The van der Waals surface area contributed by atoms with Gasteiger partial charge in [0, 0.05) is 5.41 Å². The first kappa shape index (κ1) is 12.1. The SMILES string of the molecule is CC(=O)CC(=O)OC(O)C(C)(C)C. The molecule has 1 N–H and O–H groups in total. The Morgan fingerprint density at radius 2 is 1.85 bits per heavy atom. The molecule has 0 aromatic carbocycles. The summed E-state index contributed by atoms with van der Waals surface area (Å²) in [5.74, 6) is -0.957. The summed E-state index contributed by atoms with van der Waals surface area (Å²) in [5, 5.41) is 9.31. The highest BCUT2D eigenvalue weighted by molar-refractivity contribution is 5.94. The quantitative estimate of drug-likeness (QED) is 0.405. The van der Waals surface area contributed by atoms with Crippen molar-refractivity contribution < 1.29 is 19.4 Å². The summed E-state index contributed by atoms with van der Waals surface area (Å²) in [6.45, 7) is 6.50. The molecule has 0 aromatic rings. The van der Waals surface area contributed by atoms with Crippen molar-refractivity contribution in [3.8, 4) is 0 Å². The van der Waals surface area contributed by atoms with Gasteiger partial charge in [-0.1, -0.05) is 20.8 Å². The van der Waals surface area contributed by atoms with Gasteiger partial charge in [-0.05, 0) is 6.92 Å². The molecular formula is C9H16O4. The van der Waals surface area contributed by atoms with Crippen LogP contribution in [-0.4, -0.2) is 23.1 Å². The Morgan fingerprint density at radius 1 is 1.38 bits per heavy atom. The fourth-order valence-corrected chi connectivity index (χ4v) is 0.546. The molecule has 0 aliphatic rings. The fraction of sp³-hybridized carbons (Fsp3) is 0.778. The van der Waals surface area contributed by atoms with Crippen LogP contribution >= 0.6 is 0 Å². The highest BCUT2D eigenvalue weighted by Gasteiger charge is 2.26. The van der Waals surface area contributed by atoms with E-state index in [4.69, 9.17) is 0 Å². The standard InChI is InChI=1S/C9H16O4/c1-6(10)5-7(11)13-8(12)9(2,3)4/h8,12H,5H2,1-4H3. The van der Waals surface area contributed by atoms with Gasteiger partial charge in [0.25, 0.3) is 0 Å². The van der Waals surface area contributed by atoms with Gasteiger partial charge in [-0.2, -0.15) is 0 Å². The van der Waals surface area contributed by atoms with E-state index in [1.54, 1.807) is 20.8 Å². The van der Waals surface area contributed by atoms with Crippen LogP contribution in [0.4, 0.5) is 0 Å². The number of esters is 1. The Morgan fingerprint density at radius 3 is 2.15 bits per heavy atom. The smallest absolute Gasteiger partial charge is 0.315 e. The number of rotatable bonds is 3. The van der Waals surface area contributed by atoms with Crippen molar-refractivity contribution in [1.29, 1.82) is 0 Å². The van der Waals surface area contributed by atoms with Crippen molar-refractivity contribution in [3.05, 3.63) is 0 Å². The molecule has 0 aromatic heterocycles. The third-order valence-corrected chi connectivity index (χ3v) is 1.38. The molecular weight excluding hydrogens is 172 g/mol. The number of aliphatic hydroxyl groups is 1. The maximum absolute atomic E-state index is 10.9. The number of carbonyl (C=O) groups excluding carboxylic acids is 2. The minimum Gasteiger partial charge on any atom is -0.435 e. The number of hydrogen-bond acceptors (Lipinski definition) is 4. The average Bonchev–Trinajstić information content (AvgIpc) is 1.82. The third kappa shape index (κ3) is 5.36. The van der Waals surface area contributed by atoms with Crippen LogP contribution in [0.3, 0.4) is 0 Å². The van der Waals surface area contributed by atoms with Crippen molar-refractivity contribution in [2.75, 3.05) is 0 Å². The average molecular weight is 188 g/mol. The summed E-state index contributed by atoms with van der Waals surface area (Å²) in [6, 6.07) is 0. The van der Waals surface area contributed by atoms with Gasteiger partial charge < -0.3 is 9.84 Å². The molecule has 1 unspecified atom stereocenters. The van der Waals surface area contributed by atoms with E-state index in [-0.39, 0.29) is 12.2 Å². The number of ether oxygens (including phenoxy) is 1. The Balaban J connectivity index is 4.00. The number of aliphatic hydroxyl groups excluding tert-OH is 1. The second-order valence-corrected chi connectivity index (χ2v) is 4.09. The fourth-order valence-electron chi connectivity index (χ4n) is 0.546. The zero-order valence-corrected chi connectivity index (χ0v) is 8.46. The largest absolute Gasteiger partial charge is 0.435 e. The summed E-state index contributed by atoms with van der Waals surface area (Å²) in [5.41, 5.74) is -0.521. The van der Waals surface area contributed by atoms with E-state index < -0.39 is 17.7 Å². The molecule has 0 aliphatic carbocycles. The van der Waals surface area contributed by atoms with Crippen molar-refractivity contribution in [2.45, 2.75) is 40.4 Å². The van der Waals surface area contributed by atoms with Crippen LogP contribution < -0.4 is 0 Å². The molecule has 0 bridgehead atoms. The van der Waals surface area contributed by atoms with E-state index in [9.17, 15) is 14.7 Å². The van der Waals surface area contributed by atoms with Crippen molar-refractivity contribution in [3.63, 3.8) is 0 Å². The van der Waals surface area contributed by atoms with Crippen LogP contribution in [0.15, 0.2) is 0 Å². The Labute approximate surface area is 77.9 Å². The van der Waals surface area contributed by atoms with Gasteiger partial charge in [-0.15, -0.1) is 0 Å². The summed E-state index contributed by atoms with van der Waals surface area (Å²) >= 11 is 0. The van der Waals surface area contributed by atoms with Gasteiger partial charge in [-0.25, -0.2) is 0 Å². The molecule has 0 fully saturated rings. The number of ketones is 1. The molecule has 4 heteroatoms. The van der Waals surface area contributed by atoms with Crippen LogP contribution in [0.1, 0.15) is 34.1 Å².